The van der Waals surface area contributed by atoms with E-state index in [2.05, 4.69) is 0 Å². The maximum atomic E-state index is 13.6. The first-order chi connectivity index (χ1) is 22.4. The molecule has 0 aliphatic rings. The first-order valence-electron chi connectivity index (χ1n) is 14.8. The third kappa shape index (κ3) is 6.98. The van der Waals surface area contributed by atoms with E-state index in [0.717, 1.165) is 22.3 Å². The van der Waals surface area contributed by atoms with E-state index in [-0.39, 0.29) is 11.5 Å². The van der Waals surface area contributed by atoms with E-state index in [1.807, 2.05) is 84.9 Å². The molecular formula is C40H30O6. The highest BCUT2D eigenvalue weighted by molar-refractivity contribution is 5.91. The molecule has 6 heteroatoms. The molecule has 6 rings (SSSR count). The van der Waals surface area contributed by atoms with Crippen molar-refractivity contribution in [2.75, 3.05) is 0 Å². The zero-order chi connectivity index (χ0) is 31.9. The molecule has 0 saturated carbocycles. The number of carbonyl (C=O) groups is 2. The lowest BCUT2D eigenvalue weighted by Crippen LogP contribution is -2.23. The van der Waals surface area contributed by atoms with Gasteiger partial charge in [0.25, 0.3) is 0 Å². The fourth-order valence-electron chi connectivity index (χ4n) is 5.17. The minimum Gasteiger partial charge on any atom is -0.508 e. The van der Waals surface area contributed by atoms with Crippen LogP contribution >= 0.6 is 0 Å². The molecule has 6 nitrogen and oxygen atoms in total. The summed E-state index contributed by atoms with van der Waals surface area (Å²) in [5.41, 5.74) is 5.56. The SMILES string of the molecule is O=C(O[C@H](c1ccccc1)[C@H](OC(=O)c1ccc(-c2ccc(O)cc2)cc1)c1ccccc1)c1ccc(-c2ccc(O)cc2)cc1. The molecule has 0 spiro atoms. The van der Waals surface area contributed by atoms with E-state index in [9.17, 15) is 19.8 Å². The van der Waals surface area contributed by atoms with E-state index in [1.165, 1.54) is 0 Å². The summed E-state index contributed by atoms with van der Waals surface area (Å²) in [6, 6.07) is 46.1. The van der Waals surface area contributed by atoms with Crippen LogP contribution in [0.2, 0.25) is 0 Å². The highest BCUT2D eigenvalue weighted by Crippen LogP contribution is 2.37. The average molecular weight is 607 g/mol. The number of phenols is 2. The minimum absolute atomic E-state index is 0.177. The summed E-state index contributed by atoms with van der Waals surface area (Å²) < 4.78 is 12.3. The lowest BCUT2D eigenvalue weighted by Gasteiger charge is -2.28. The molecule has 2 atom stereocenters. The molecule has 0 amide bonds. The molecule has 46 heavy (non-hydrogen) atoms. The maximum Gasteiger partial charge on any atom is 0.338 e. The molecule has 0 aliphatic carbocycles. The standard InChI is InChI=1S/C40H30O6/c41-35-23-19-29(20-24-35)27-11-15-33(16-12-27)39(43)45-37(31-7-3-1-4-8-31)38(32-9-5-2-6-10-32)46-40(44)34-17-13-28(14-18-34)30-21-25-36(42)26-22-30/h1-26,37-38,41-42H/t37-,38-/m1/s1. The molecule has 0 aromatic heterocycles. The highest BCUT2D eigenvalue weighted by Gasteiger charge is 2.32. The number of ether oxygens (including phenoxy) is 2. The molecule has 6 aromatic carbocycles. The molecule has 226 valence electrons. The van der Waals surface area contributed by atoms with Gasteiger partial charge in [0.05, 0.1) is 11.1 Å². The van der Waals surface area contributed by atoms with Gasteiger partial charge >= 0.3 is 11.9 Å². The van der Waals surface area contributed by atoms with Gasteiger partial charge in [-0.05, 0) is 81.9 Å². The minimum atomic E-state index is -0.951. The number of phenolic OH excluding ortho intramolecular Hbond substituents is 2. The molecule has 0 fully saturated rings. The van der Waals surface area contributed by atoms with Crippen molar-refractivity contribution in [2.45, 2.75) is 12.2 Å². The molecule has 6 aromatic rings. The summed E-state index contributed by atoms with van der Waals surface area (Å²) in [7, 11) is 0. The van der Waals surface area contributed by atoms with E-state index in [0.29, 0.717) is 22.3 Å². The average Bonchev–Trinajstić information content (AvgIpc) is 3.11. The second-order valence-electron chi connectivity index (χ2n) is 10.7. The van der Waals surface area contributed by atoms with Gasteiger partial charge in [0.2, 0.25) is 0 Å². The number of hydrogen-bond donors (Lipinski definition) is 2. The van der Waals surface area contributed by atoms with E-state index in [4.69, 9.17) is 9.47 Å². The van der Waals surface area contributed by atoms with Crippen molar-refractivity contribution in [3.63, 3.8) is 0 Å². The predicted octanol–water partition coefficient (Wildman–Crippen LogP) is 8.93. The van der Waals surface area contributed by atoms with E-state index < -0.39 is 24.1 Å². The summed E-state index contributed by atoms with van der Waals surface area (Å²) in [6.45, 7) is 0. The lowest BCUT2D eigenvalue weighted by atomic mass is 9.97. The van der Waals surface area contributed by atoms with Crippen molar-refractivity contribution in [1.29, 1.82) is 0 Å². The van der Waals surface area contributed by atoms with Gasteiger partial charge in [0, 0.05) is 0 Å². The number of benzene rings is 6. The Morgan fingerprint density at radius 2 is 0.674 bits per heavy atom. The van der Waals surface area contributed by atoms with Crippen LogP contribution in [-0.4, -0.2) is 22.2 Å². The first-order valence-corrected chi connectivity index (χ1v) is 14.8. The van der Waals surface area contributed by atoms with E-state index in [1.54, 1.807) is 72.8 Å². The fraction of sp³-hybridized carbons (Fsp3) is 0.0500. The van der Waals surface area contributed by atoms with Crippen molar-refractivity contribution in [3.8, 4) is 33.8 Å². The normalized spacial score (nSPS) is 12.1. The quantitative estimate of drug-likeness (QED) is 0.160. The number of rotatable bonds is 9. The number of hydrogen-bond acceptors (Lipinski definition) is 6. The van der Waals surface area contributed by atoms with Crippen LogP contribution in [0.4, 0.5) is 0 Å². The summed E-state index contributed by atoms with van der Waals surface area (Å²) in [5, 5.41) is 19.2. The lowest BCUT2D eigenvalue weighted by molar-refractivity contribution is -0.0388. The Balaban J connectivity index is 1.28. The summed E-state index contributed by atoms with van der Waals surface area (Å²) >= 11 is 0. The maximum absolute atomic E-state index is 13.6. The van der Waals surface area contributed by atoms with Gasteiger partial charge in [0.15, 0.2) is 12.2 Å². The van der Waals surface area contributed by atoms with Crippen LogP contribution in [0.1, 0.15) is 44.1 Å². The largest absolute Gasteiger partial charge is 0.508 e. The number of aromatic hydroxyl groups is 2. The van der Waals surface area contributed by atoms with Crippen molar-refractivity contribution >= 4 is 11.9 Å². The van der Waals surface area contributed by atoms with Gasteiger partial charge in [-0.3, -0.25) is 0 Å². The topological polar surface area (TPSA) is 93.1 Å². The third-order valence-electron chi connectivity index (χ3n) is 7.64. The zero-order valence-electron chi connectivity index (χ0n) is 24.7. The van der Waals surface area contributed by atoms with Crippen molar-refractivity contribution < 1.29 is 29.3 Å². The van der Waals surface area contributed by atoms with Crippen LogP contribution in [0.25, 0.3) is 22.3 Å². The Bertz CT molecular complexity index is 1760. The van der Waals surface area contributed by atoms with Crippen molar-refractivity contribution in [2.24, 2.45) is 0 Å². The van der Waals surface area contributed by atoms with Crippen molar-refractivity contribution in [1.82, 2.24) is 0 Å². The molecule has 0 aliphatic heterocycles. The van der Waals surface area contributed by atoms with Crippen LogP contribution < -0.4 is 0 Å². The van der Waals surface area contributed by atoms with E-state index >= 15 is 0 Å². The van der Waals surface area contributed by atoms with Gasteiger partial charge in [-0.2, -0.15) is 0 Å². The molecular weight excluding hydrogens is 576 g/mol. The van der Waals surface area contributed by atoms with Crippen LogP contribution in [0.5, 0.6) is 11.5 Å². The van der Waals surface area contributed by atoms with Crippen LogP contribution in [-0.2, 0) is 9.47 Å². The Kier molecular flexibility index (Phi) is 8.88. The molecule has 2 N–H and O–H groups in total. The predicted molar refractivity (Wildman–Crippen MR) is 176 cm³/mol. The van der Waals surface area contributed by atoms with Crippen LogP contribution in [0.3, 0.4) is 0 Å². The zero-order valence-corrected chi connectivity index (χ0v) is 24.7. The van der Waals surface area contributed by atoms with Crippen LogP contribution in [0.15, 0.2) is 158 Å². The Morgan fingerprint density at radius 3 is 0.978 bits per heavy atom. The first kappa shape index (κ1) is 29.9. The Labute approximate surface area is 266 Å². The van der Waals surface area contributed by atoms with Gasteiger partial charge in [-0.1, -0.05) is 109 Å². The molecule has 0 unspecified atom stereocenters. The van der Waals surface area contributed by atoms with Crippen molar-refractivity contribution in [3.05, 3.63) is 180 Å². The van der Waals surface area contributed by atoms with Gasteiger partial charge in [-0.25, -0.2) is 9.59 Å². The summed E-state index contributed by atoms with van der Waals surface area (Å²) in [5.74, 6) is -0.783. The van der Waals surface area contributed by atoms with Gasteiger partial charge < -0.3 is 19.7 Å². The van der Waals surface area contributed by atoms with Gasteiger partial charge in [0.1, 0.15) is 11.5 Å². The molecule has 0 saturated heterocycles. The fourth-order valence-corrected chi connectivity index (χ4v) is 5.17. The summed E-state index contributed by atoms with van der Waals surface area (Å²) in [4.78, 5) is 27.2. The smallest absolute Gasteiger partial charge is 0.338 e. The molecule has 0 heterocycles. The Hall–Kier alpha value is -6.14. The summed E-state index contributed by atoms with van der Waals surface area (Å²) in [6.07, 6.45) is -1.90. The van der Waals surface area contributed by atoms with Crippen LogP contribution in [0, 0.1) is 0 Å². The number of esters is 2. The Morgan fingerprint density at radius 1 is 0.391 bits per heavy atom. The highest BCUT2D eigenvalue weighted by atomic mass is 16.6. The monoisotopic (exact) mass is 606 g/mol. The third-order valence-corrected chi connectivity index (χ3v) is 7.64. The molecule has 0 bridgehead atoms. The number of carbonyl (C=O) groups excluding carboxylic acids is 2. The van der Waals surface area contributed by atoms with Gasteiger partial charge in [-0.15, -0.1) is 0 Å². The second kappa shape index (κ2) is 13.7. The second-order valence-corrected chi connectivity index (χ2v) is 10.7. The molecule has 0 radical (unpaired) electrons.